The van der Waals surface area contributed by atoms with Crippen molar-refractivity contribution >= 4 is 22.7 Å². The van der Waals surface area contributed by atoms with Gasteiger partial charge in [0.2, 0.25) is 5.91 Å². The number of hydrogen-bond donors (Lipinski definition) is 1. The van der Waals surface area contributed by atoms with Crippen LogP contribution in [0.15, 0.2) is 29.0 Å². The second-order valence-corrected chi connectivity index (χ2v) is 4.38. The van der Waals surface area contributed by atoms with E-state index < -0.39 is 0 Å². The molecular formula is C13H17N3O2. The maximum atomic E-state index is 12.1. The molecule has 0 bridgehead atoms. The number of carbonyl (C=O) groups excluding carboxylic acids is 1. The summed E-state index contributed by atoms with van der Waals surface area (Å²) in [6, 6.07) is 5.51. The zero-order valence-electron chi connectivity index (χ0n) is 10.6. The molecule has 0 aliphatic rings. The number of aromatic nitrogens is 1. The molecule has 1 heterocycles. The summed E-state index contributed by atoms with van der Waals surface area (Å²) in [6.07, 6.45) is 2.08. The highest BCUT2D eigenvalue weighted by Crippen LogP contribution is 2.22. The Kier molecular flexibility index (Phi) is 3.62. The summed E-state index contributed by atoms with van der Waals surface area (Å²) in [5.41, 5.74) is 7.74. The number of benzene rings is 1. The number of rotatable bonds is 4. The Balaban J connectivity index is 2.21. The van der Waals surface area contributed by atoms with Crippen LogP contribution in [0.2, 0.25) is 0 Å². The monoisotopic (exact) mass is 247 g/mol. The Morgan fingerprint density at radius 1 is 1.56 bits per heavy atom. The van der Waals surface area contributed by atoms with Crippen LogP contribution in [0.5, 0.6) is 0 Å². The standard InChI is InChI=1S/C13H17N3O2/c1-9(5-6-14)13(17)16(2)10-3-4-11-12(7-10)18-8-15-11/h3-4,7-9H,5-6,14H2,1-2H3. The highest BCUT2D eigenvalue weighted by atomic mass is 16.3. The lowest BCUT2D eigenvalue weighted by atomic mass is 10.1. The van der Waals surface area contributed by atoms with Gasteiger partial charge in [-0.2, -0.15) is 0 Å². The first kappa shape index (κ1) is 12.6. The first-order valence-corrected chi connectivity index (χ1v) is 5.94. The van der Waals surface area contributed by atoms with Crippen molar-refractivity contribution in [2.45, 2.75) is 13.3 Å². The molecule has 0 aliphatic heterocycles. The topological polar surface area (TPSA) is 72.4 Å². The first-order chi connectivity index (χ1) is 8.63. The van der Waals surface area contributed by atoms with Crippen molar-refractivity contribution in [3.05, 3.63) is 24.6 Å². The fourth-order valence-electron chi connectivity index (χ4n) is 1.88. The van der Waals surface area contributed by atoms with Crippen LogP contribution in [0.4, 0.5) is 5.69 Å². The zero-order chi connectivity index (χ0) is 13.1. The normalized spacial score (nSPS) is 12.6. The van der Waals surface area contributed by atoms with Gasteiger partial charge in [-0.3, -0.25) is 4.79 Å². The highest BCUT2D eigenvalue weighted by Gasteiger charge is 2.18. The number of fused-ring (bicyclic) bond motifs is 1. The Bertz CT molecular complexity index is 550. The molecule has 1 aromatic heterocycles. The van der Waals surface area contributed by atoms with E-state index in [0.29, 0.717) is 18.5 Å². The molecule has 1 amide bonds. The van der Waals surface area contributed by atoms with Gasteiger partial charge >= 0.3 is 0 Å². The number of anilines is 1. The summed E-state index contributed by atoms with van der Waals surface area (Å²) in [7, 11) is 1.76. The van der Waals surface area contributed by atoms with Gasteiger partial charge in [-0.1, -0.05) is 6.92 Å². The fourth-order valence-corrected chi connectivity index (χ4v) is 1.88. The van der Waals surface area contributed by atoms with E-state index in [1.54, 1.807) is 11.9 Å². The molecule has 0 saturated heterocycles. The van der Waals surface area contributed by atoms with Crippen molar-refractivity contribution in [3.8, 4) is 0 Å². The minimum atomic E-state index is -0.0783. The third-order valence-corrected chi connectivity index (χ3v) is 3.05. The van der Waals surface area contributed by atoms with Gasteiger partial charge in [0.1, 0.15) is 5.52 Å². The van der Waals surface area contributed by atoms with Crippen molar-refractivity contribution in [2.75, 3.05) is 18.5 Å². The van der Waals surface area contributed by atoms with Gasteiger partial charge in [-0.25, -0.2) is 4.98 Å². The van der Waals surface area contributed by atoms with Crippen LogP contribution in [0.3, 0.4) is 0 Å². The molecule has 2 N–H and O–H groups in total. The van der Waals surface area contributed by atoms with Crippen molar-refractivity contribution in [2.24, 2.45) is 11.7 Å². The molecular weight excluding hydrogens is 230 g/mol. The number of nitrogens with zero attached hydrogens (tertiary/aromatic N) is 2. The van der Waals surface area contributed by atoms with Crippen LogP contribution in [0.25, 0.3) is 11.1 Å². The molecule has 5 heteroatoms. The number of carbonyl (C=O) groups is 1. The largest absolute Gasteiger partial charge is 0.443 e. The van der Waals surface area contributed by atoms with Gasteiger partial charge in [0.25, 0.3) is 0 Å². The summed E-state index contributed by atoms with van der Waals surface area (Å²) in [4.78, 5) is 17.8. The third kappa shape index (κ3) is 2.36. The minimum absolute atomic E-state index is 0.0549. The number of amides is 1. The number of nitrogens with two attached hydrogens (primary N) is 1. The fraction of sp³-hybridized carbons (Fsp3) is 0.385. The molecule has 5 nitrogen and oxygen atoms in total. The Morgan fingerprint density at radius 2 is 2.33 bits per heavy atom. The molecule has 18 heavy (non-hydrogen) atoms. The van der Waals surface area contributed by atoms with Gasteiger partial charge in [0.05, 0.1) is 0 Å². The summed E-state index contributed by atoms with van der Waals surface area (Å²) in [5.74, 6) is -0.0234. The molecule has 0 spiro atoms. The summed E-state index contributed by atoms with van der Waals surface area (Å²) in [5, 5.41) is 0. The average molecular weight is 247 g/mol. The molecule has 1 aromatic carbocycles. The minimum Gasteiger partial charge on any atom is -0.443 e. The van der Waals surface area contributed by atoms with Crippen LogP contribution in [0.1, 0.15) is 13.3 Å². The molecule has 2 aromatic rings. The molecule has 2 rings (SSSR count). The van der Waals surface area contributed by atoms with Gasteiger partial charge in [-0.05, 0) is 25.1 Å². The summed E-state index contributed by atoms with van der Waals surface area (Å²) >= 11 is 0. The number of oxazole rings is 1. The first-order valence-electron chi connectivity index (χ1n) is 5.94. The quantitative estimate of drug-likeness (QED) is 0.893. The van der Waals surface area contributed by atoms with E-state index in [2.05, 4.69) is 4.98 Å². The van der Waals surface area contributed by atoms with E-state index in [1.165, 1.54) is 6.39 Å². The highest BCUT2D eigenvalue weighted by molar-refractivity contribution is 5.95. The third-order valence-electron chi connectivity index (χ3n) is 3.05. The average Bonchev–Trinajstić information content (AvgIpc) is 2.84. The van der Waals surface area contributed by atoms with Crippen LogP contribution < -0.4 is 10.6 Å². The van der Waals surface area contributed by atoms with E-state index >= 15 is 0 Å². The lowest BCUT2D eigenvalue weighted by Gasteiger charge is -2.21. The predicted molar refractivity (Wildman–Crippen MR) is 70.3 cm³/mol. The molecule has 0 aliphatic carbocycles. The SMILES string of the molecule is CC(CCN)C(=O)N(C)c1ccc2ncoc2c1. The summed E-state index contributed by atoms with van der Waals surface area (Å²) in [6.45, 7) is 2.40. The van der Waals surface area contributed by atoms with Crippen LogP contribution in [-0.4, -0.2) is 24.5 Å². The maximum Gasteiger partial charge on any atom is 0.229 e. The molecule has 1 atom stereocenters. The second-order valence-electron chi connectivity index (χ2n) is 4.38. The number of hydrogen-bond acceptors (Lipinski definition) is 4. The molecule has 0 radical (unpaired) electrons. The molecule has 0 fully saturated rings. The predicted octanol–water partition coefficient (Wildman–Crippen LogP) is 1.78. The van der Waals surface area contributed by atoms with E-state index in [0.717, 1.165) is 11.2 Å². The Morgan fingerprint density at radius 3 is 3.06 bits per heavy atom. The van der Waals surface area contributed by atoms with Crippen LogP contribution in [-0.2, 0) is 4.79 Å². The molecule has 96 valence electrons. The van der Waals surface area contributed by atoms with Gasteiger partial charge in [-0.15, -0.1) is 0 Å². The van der Waals surface area contributed by atoms with Crippen molar-refractivity contribution in [1.82, 2.24) is 4.98 Å². The lowest BCUT2D eigenvalue weighted by Crippen LogP contribution is -2.32. The van der Waals surface area contributed by atoms with Crippen molar-refractivity contribution in [1.29, 1.82) is 0 Å². The lowest BCUT2D eigenvalue weighted by molar-refractivity contribution is -0.121. The summed E-state index contributed by atoms with van der Waals surface area (Å²) < 4.78 is 5.23. The smallest absolute Gasteiger partial charge is 0.229 e. The van der Waals surface area contributed by atoms with E-state index in [1.807, 2.05) is 25.1 Å². The molecule has 0 saturated carbocycles. The van der Waals surface area contributed by atoms with Crippen molar-refractivity contribution < 1.29 is 9.21 Å². The zero-order valence-corrected chi connectivity index (χ0v) is 10.6. The van der Waals surface area contributed by atoms with E-state index in [-0.39, 0.29) is 11.8 Å². The van der Waals surface area contributed by atoms with Crippen LogP contribution in [0, 0.1) is 5.92 Å². The van der Waals surface area contributed by atoms with Gasteiger partial charge in [0, 0.05) is 24.7 Å². The Labute approximate surface area is 106 Å². The van der Waals surface area contributed by atoms with E-state index in [4.69, 9.17) is 10.2 Å². The van der Waals surface area contributed by atoms with Gasteiger partial charge < -0.3 is 15.1 Å². The van der Waals surface area contributed by atoms with Gasteiger partial charge in [0.15, 0.2) is 12.0 Å². The second kappa shape index (κ2) is 5.18. The van der Waals surface area contributed by atoms with Crippen molar-refractivity contribution in [3.63, 3.8) is 0 Å². The Hall–Kier alpha value is -1.88. The maximum absolute atomic E-state index is 12.1. The van der Waals surface area contributed by atoms with Crippen LogP contribution >= 0.6 is 0 Å². The molecule has 1 unspecified atom stereocenters. The van der Waals surface area contributed by atoms with E-state index in [9.17, 15) is 4.79 Å².